The molecule has 1 aliphatic heterocycles. The first kappa shape index (κ1) is 18.4. The molecule has 0 saturated carbocycles. The number of hydrogen-bond acceptors (Lipinski definition) is 4. The molecular weight excluding hydrogens is 347 g/mol. The Kier molecular flexibility index (Phi) is 5.29. The molecule has 140 valence electrons. The number of alkyl halides is 3. The predicted octanol–water partition coefficient (Wildman–Crippen LogP) is 3.95. The molecule has 2 aromatic rings. The number of rotatable bonds is 4. The highest BCUT2D eigenvalue weighted by Gasteiger charge is 2.30. The molecule has 1 fully saturated rings. The Morgan fingerprint density at radius 3 is 2.73 bits per heavy atom. The number of amides is 1. The van der Waals surface area contributed by atoms with E-state index in [2.05, 4.69) is 17.1 Å². The van der Waals surface area contributed by atoms with Crippen LogP contribution >= 0.6 is 0 Å². The zero-order valence-electron chi connectivity index (χ0n) is 14.4. The summed E-state index contributed by atoms with van der Waals surface area (Å²) in [4.78, 5) is 18.2. The second-order valence-corrected chi connectivity index (χ2v) is 6.65. The molecule has 1 saturated heterocycles. The second-order valence-electron chi connectivity index (χ2n) is 6.65. The molecule has 0 bridgehead atoms. The first-order valence-electron chi connectivity index (χ1n) is 8.61. The van der Waals surface area contributed by atoms with Crippen LogP contribution in [-0.4, -0.2) is 34.0 Å². The molecule has 3 rings (SSSR count). The highest BCUT2D eigenvalue weighted by molar-refractivity contribution is 5.76. The van der Waals surface area contributed by atoms with Crippen molar-refractivity contribution in [2.45, 2.75) is 38.8 Å². The smallest absolute Gasteiger partial charge is 0.343 e. The zero-order valence-corrected chi connectivity index (χ0v) is 14.4. The van der Waals surface area contributed by atoms with Gasteiger partial charge < -0.3 is 9.42 Å². The van der Waals surface area contributed by atoms with Crippen LogP contribution in [-0.2, 0) is 17.4 Å². The van der Waals surface area contributed by atoms with Crippen LogP contribution in [0.4, 0.5) is 13.2 Å². The van der Waals surface area contributed by atoms with Gasteiger partial charge in [0.05, 0.1) is 5.56 Å². The summed E-state index contributed by atoms with van der Waals surface area (Å²) in [6.45, 7) is 3.70. The van der Waals surface area contributed by atoms with Gasteiger partial charge in [0.25, 0.3) is 0 Å². The molecule has 5 nitrogen and oxygen atoms in total. The van der Waals surface area contributed by atoms with Crippen molar-refractivity contribution in [2.75, 3.05) is 13.1 Å². The largest absolute Gasteiger partial charge is 0.416 e. The third-order valence-electron chi connectivity index (χ3n) is 4.61. The standard InChI is InChI=1S/C18H20F3N3O2/c1-12-7-9-24(10-8-12)16(25)6-5-15-22-17(23-26-15)13-3-2-4-14(11-13)18(19,20)21/h2-4,11-12H,5-10H2,1H3. The average Bonchev–Trinajstić information content (AvgIpc) is 3.09. The fourth-order valence-electron chi connectivity index (χ4n) is 2.94. The molecule has 0 unspecified atom stereocenters. The zero-order chi connectivity index (χ0) is 18.7. The van der Waals surface area contributed by atoms with Crippen molar-refractivity contribution in [1.29, 1.82) is 0 Å². The molecule has 1 aliphatic rings. The van der Waals surface area contributed by atoms with E-state index in [4.69, 9.17) is 4.52 Å². The minimum atomic E-state index is -4.43. The van der Waals surface area contributed by atoms with Crippen LogP contribution in [0.15, 0.2) is 28.8 Å². The number of carbonyl (C=O) groups excluding carboxylic acids is 1. The highest BCUT2D eigenvalue weighted by atomic mass is 19.4. The van der Waals surface area contributed by atoms with Crippen LogP contribution in [0.2, 0.25) is 0 Å². The summed E-state index contributed by atoms with van der Waals surface area (Å²) in [5.74, 6) is 1.02. The van der Waals surface area contributed by atoms with E-state index >= 15 is 0 Å². The summed E-state index contributed by atoms with van der Waals surface area (Å²) in [5.41, 5.74) is -0.540. The number of hydrogen-bond donors (Lipinski definition) is 0. The molecule has 2 heterocycles. The highest BCUT2D eigenvalue weighted by Crippen LogP contribution is 2.31. The molecule has 8 heteroatoms. The number of benzene rings is 1. The van der Waals surface area contributed by atoms with Gasteiger partial charge in [-0.15, -0.1) is 0 Å². The van der Waals surface area contributed by atoms with E-state index in [1.807, 2.05) is 4.90 Å². The van der Waals surface area contributed by atoms with Crippen molar-refractivity contribution < 1.29 is 22.5 Å². The van der Waals surface area contributed by atoms with E-state index in [1.165, 1.54) is 12.1 Å². The number of carbonyl (C=O) groups is 1. The number of halogens is 3. The van der Waals surface area contributed by atoms with Crippen LogP contribution < -0.4 is 0 Å². The van der Waals surface area contributed by atoms with Crippen LogP contribution in [0.5, 0.6) is 0 Å². The molecule has 0 radical (unpaired) electrons. The number of aromatic nitrogens is 2. The van der Waals surface area contributed by atoms with E-state index in [0.29, 0.717) is 5.92 Å². The van der Waals surface area contributed by atoms with Gasteiger partial charge >= 0.3 is 6.18 Å². The second kappa shape index (κ2) is 7.47. The Morgan fingerprint density at radius 1 is 1.31 bits per heavy atom. The quantitative estimate of drug-likeness (QED) is 0.821. The van der Waals surface area contributed by atoms with Gasteiger partial charge in [0, 0.05) is 31.5 Å². The molecule has 1 aromatic carbocycles. The van der Waals surface area contributed by atoms with Crippen LogP contribution in [0, 0.1) is 5.92 Å². The van der Waals surface area contributed by atoms with Gasteiger partial charge in [0.15, 0.2) is 0 Å². The lowest BCUT2D eigenvalue weighted by molar-refractivity contribution is -0.137. The van der Waals surface area contributed by atoms with Crippen molar-refractivity contribution in [3.8, 4) is 11.4 Å². The van der Waals surface area contributed by atoms with Gasteiger partial charge in [-0.2, -0.15) is 18.2 Å². The van der Waals surface area contributed by atoms with E-state index < -0.39 is 11.7 Å². The maximum Gasteiger partial charge on any atom is 0.416 e. The van der Waals surface area contributed by atoms with Crippen molar-refractivity contribution in [2.24, 2.45) is 5.92 Å². The normalized spacial score (nSPS) is 16.1. The van der Waals surface area contributed by atoms with Gasteiger partial charge in [-0.25, -0.2) is 0 Å². The average molecular weight is 367 g/mol. The Morgan fingerprint density at radius 2 is 2.04 bits per heavy atom. The summed E-state index contributed by atoms with van der Waals surface area (Å²) in [7, 11) is 0. The first-order valence-corrected chi connectivity index (χ1v) is 8.61. The number of piperidine rings is 1. The van der Waals surface area contributed by atoms with Crippen LogP contribution in [0.3, 0.4) is 0 Å². The fourth-order valence-corrected chi connectivity index (χ4v) is 2.94. The minimum absolute atomic E-state index is 0.0377. The number of aryl methyl sites for hydroxylation is 1. The topological polar surface area (TPSA) is 59.2 Å². The summed E-state index contributed by atoms with van der Waals surface area (Å²) >= 11 is 0. The van der Waals surface area contributed by atoms with Gasteiger partial charge in [-0.1, -0.05) is 24.2 Å². The van der Waals surface area contributed by atoms with Crippen molar-refractivity contribution in [3.05, 3.63) is 35.7 Å². The van der Waals surface area contributed by atoms with Gasteiger partial charge in [-0.05, 0) is 30.9 Å². The summed E-state index contributed by atoms with van der Waals surface area (Å²) < 4.78 is 43.5. The van der Waals surface area contributed by atoms with E-state index in [9.17, 15) is 18.0 Å². The summed E-state index contributed by atoms with van der Waals surface area (Å²) in [5, 5.41) is 3.73. The predicted molar refractivity (Wildman–Crippen MR) is 88.0 cm³/mol. The molecular formula is C18H20F3N3O2. The number of likely N-dealkylation sites (tertiary alicyclic amines) is 1. The van der Waals surface area contributed by atoms with Crippen molar-refractivity contribution >= 4 is 5.91 Å². The third kappa shape index (κ3) is 4.42. The summed E-state index contributed by atoms with van der Waals surface area (Å²) in [6, 6.07) is 4.76. The van der Waals surface area contributed by atoms with E-state index in [1.54, 1.807) is 0 Å². The van der Waals surface area contributed by atoms with Gasteiger partial charge in [-0.3, -0.25) is 4.79 Å². The SMILES string of the molecule is CC1CCN(C(=O)CCc2nc(-c3cccc(C(F)(F)F)c3)no2)CC1. The van der Waals surface area contributed by atoms with Gasteiger partial charge in [0.1, 0.15) is 0 Å². The van der Waals surface area contributed by atoms with E-state index in [0.717, 1.165) is 38.1 Å². The lowest BCUT2D eigenvalue weighted by Gasteiger charge is -2.30. The summed E-state index contributed by atoms with van der Waals surface area (Å²) in [6.07, 6.45) is -1.89. The lowest BCUT2D eigenvalue weighted by Crippen LogP contribution is -2.38. The monoisotopic (exact) mass is 367 g/mol. The third-order valence-corrected chi connectivity index (χ3v) is 4.61. The van der Waals surface area contributed by atoms with E-state index in [-0.39, 0.29) is 36.0 Å². The number of nitrogens with zero attached hydrogens (tertiary/aromatic N) is 3. The fraction of sp³-hybridized carbons (Fsp3) is 0.500. The maximum atomic E-state index is 12.8. The Hall–Kier alpha value is -2.38. The van der Waals surface area contributed by atoms with Crippen molar-refractivity contribution in [1.82, 2.24) is 15.0 Å². The van der Waals surface area contributed by atoms with Crippen molar-refractivity contribution in [3.63, 3.8) is 0 Å². The lowest BCUT2D eigenvalue weighted by atomic mass is 9.99. The molecule has 1 aromatic heterocycles. The Balaban J connectivity index is 1.61. The first-order chi connectivity index (χ1) is 12.3. The Bertz CT molecular complexity index is 765. The van der Waals surface area contributed by atoms with Crippen LogP contribution in [0.1, 0.15) is 37.6 Å². The van der Waals surface area contributed by atoms with Crippen LogP contribution in [0.25, 0.3) is 11.4 Å². The molecule has 26 heavy (non-hydrogen) atoms. The molecule has 0 aliphatic carbocycles. The maximum absolute atomic E-state index is 12.8. The molecule has 0 atom stereocenters. The minimum Gasteiger partial charge on any atom is -0.343 e. The molecule has 1 amide bonds. The molecule has 0 spiro atoms. The Labute approximate surface area is 149 Å². The molecule has 0 N–H and O–H groups in total. The van der Waals surface area contributed by atoms with Gasteiger partial charge in [0.2, 0.25) is 17.6 Å².